The molecule has 0 saturated heterocycles. The Morgan fingerprint density at radius 1 is 1.23 bits per heavy atom. The summed E-state index contributed by atoms with van der Waals surface area (Å²) in [7, 11) is -1.66. The number of aromatic nitrogens is 2. The van der Waals surface area contributed by atoms with Gasteiger partial charge in [-0.2, -0.15) is 9.97 Å². The molecule has 10 nitrogen and oxygen atoms in total. The lowest BCUT2D eigenvalue weighted by atomic mass is 10.3. The van der Waals surface area contributed by atoms with Gasteiger partial charge < -0.3 is 19.3 Å². The maximum atomic E-state index is 14.1. The lowest BCUT2D eigenvalue weighted by molar-refractivity contribution is -0.134. The first-order chi connectivity index (χ1) is 12.2. The van der Waals surface area contributed by atoms with Crippen LogP contribution in [0.1, 0.15) is 0 Å². The Morgan fingerprint density at radius 2 is 1.85 bits per heavy atom. The molecule has 0 unspecified atom stereocenters. The Morgan fingerprint density at radius 3 is 2.38 bits per heavy atom. The van der Waals surface area contributed by atoms with Crippen LogP contribution in [0.15, 0.2) is 24.3 Å². The second kappa shape index (κ2) is 7.82. The average Bonchev–Trinajstić information content (AvgIpc) is 2.56. The fourth-order valence-electron chi connectivity index (χ4n) is 1.78. The van der Waals surface area contributed by atoms with Gasteiger partial charge in [0.25, 0.3) is 0 Å². The van der Waals surface area contributed by atoms with Crippen LogP contribution >= 0.6 is 0 Å². The maximum Gasteiger partial charge on any atom is 0.328 e. The summed E-state index contributed by atoms with van der Waals surface area (Å²) in [6.07, 6.45) is 0. The first-order valence-electron chi connectivity index (χ1n) is 6.90. The van der Waals surface area contributed by atoms with E-state index in [1.165, 1.54) is 32.4 Å². The maximum absolute atomic E-state index is 14.1. The quantitative estimate of drug-likeness (QED) is 0.685. The molecule has 0 aliphatic heterocycles. The topological polar surface area (TPSA) is 137 Å². The van der Waals surface area contributed by atoms with Gasteiger partial charge in [0.1, 0.15) is 5.69 Å². The van der Waals surface area contributed by atoms with Gasteiger partial charge in [0.2, 0.25) is 21.8 Å². The van der Waals surface area contributed by atoms with Crippen molar-refractivity contribution in [3.63, 3.8) is 0 Å². The number of carboxylic acids is 1. The van der Waals surface area contributed by atoms with E-state index in [2.05, 4.69) is 9.97 Å². The second-order valence-corrected chi connectivity index (χ2v) is 6.43. The number of ether oxygens (including phenoxy) is 3. The summed E-state index contributed by atoms with van der Waals surface area (Å²) >= 11 is 0. The number of hydrogen-bond donors (Lipinski definition) is 2. The van der Waals surface area contributed by atoms with Crippen LogP contribution in [0.3, 0.4) is 0 Å². The summed E-state index contributed by atoms with van der Waals surface area (Å²) in [6.45, 7) is 0. The molecular weight excluding hydrogens is 373 g/mol. The summed E-state index contributed by atoms with van der Waals surface area (Å²) < 4.78 is 54.7. The van der Waals surface area contributed by atoms with Crippen molar-refractivity contribution in [3.05, 3.63) is 30.1 Å². The molecule has 0 atom stereocenters. The Balaban J connectivity index is 2.39. The van der Waals surface area contributed by atoms with E-state index in [0.29, 0.717) is 0 Å². The summed E-state index contributed by atoms with van der Waals surface area (Å²) in [5.41, 5.74) is -0.584. The fraction of sp³-hybridized carbons (Fsp3) is 0.214. The lowest BCUT2D eigenvalue weighted by Crippen LogP contribution is -2.23. The predicted molar refractivity (Wildman–Crippen MR) is 86.7 cm³/mol. The number of rotatable bonds is 8. The smallest absolute Gasteiger partial charge is 0.328 e. The van der Waals surface area contributed by atoms with E-state index >= 15 is 0 Å². The number of nitrogens with one attached hydrogen (secondary N) is 1. The molecule has 0 aliphatic rings. The molecule has 12 heteroatoms. The molecule has 2 N–H and O–H groups in total. The third-order valence-electron chi connectivity index (χ3n) is 2.82. The Kier molecular flexibility index (Phi) is 5.77. The number of sulfonamides is 1. The van der Waals surface area contributed by atoms with Crippen molar-refractivity contribution in [2.75, 3.05) is 24.7 Å². The number of methoxy groups -OCH3 is 2. The van der Waals surface area contributed by atoms with Crippen molar-refractivity contribution in [1.29, 1.82) is 0 Å². The monoisotopic (exact) mass is 387 g/mol. The molecule has 1 aromatic carbocycles. The highest BCUT2D eigenvalue weighted by atomic mass is 32.2. The molecule has 0 bridgehead atoms. The van der Waals surface area contributed by atoms with Gasteiger partial charge in [-0.1, -0.05) is 6.07 Å². The fourth-order valence-corrected chi connectivity index (χ4v) is 2.69. The number of anilines is 1. The minimum atomic E-state index is -4.36. The molecule has 0 radical (unpaired) electrons. The van der Waals surface area contributed by atoms with E-state index in [1.807, 2.05) is 4.72 Å². The number of hydrogen-bond acceptors (Lipinski definition) is 8. The van der Waals surface area contributed by atoms with E-state index in [0.717, 1.165) is 6.07 Å². The number of carboxylic acid groups (broad SMARTS) is 1. The van der Waals surface area contributed by atoms with Crippen molar-refractivity contribution in [2.24, 2.45) is 0 Å². The van der Waals surface area contributed by atoms with Crippen LogP contribution in [0.2, 0.25) is 0 Å². The van der Waals surface area contributed by atoms with Gasteiger partial charge in [0.05, 0.1) is 20.3 Å². The van der Waals surface area contributed by atoms with Crippen LogP contribution < -0.4 is 18.9 Å². The molecule has 0 fully saturated rings. The van der Waals surface area contributed by atoms with Gasteiger partial charge in [-0.25, -0.2) is 12.8 Å². The molecule has 26 heavy (non-hydrogen) atoms. The summed E-state index contributed by atoms with van der Waals surface area (Å²) in [4.78, 5) is 18.4. The highest BCUT2D eigenvalue weighted by molar-refractivity contribution is 7.93. The van der Waals surface area contributed by atoms with Crippen molar-refractivity contribution >= 4 is 21.7 Å². The average molecular weight is 387 g/mol. The van der Waals surface area contributed by atoms with Gasteiger partial charge in [-0.15, -0.1) is 0 Å². The largest absolute Gasteiger partial charge is 0.481 e. The molecule has 0 amide bonds. The Labute approximate surface area is 147 Å². The summed E-state index contributed by atoms with van der Waals surface area (Å²) in [6, 6.07) is 4.55. The van der Waals surface area contributed by atoms with E-state index in [9.17, 15) is 17.6 Å². The minimum absolute atomic E-state index is 0.0938. The summed E-state index contributed by atoms with van der Waals surface area (Å²) in [5, 5.41) is 8.62. The van der Waals surface area contributed by atoms with Crippen LogP contribution in [0.25, 0.3) is 0 Å². The van der Waals surface area contributed by atoms with Crippen molar-refractivity contribution < 1.29 is 36.9 Å². The molecular formula is C14H14FN3O7S. The van der Waals surface area contributed by atoms with Crippen molar-refractivity contribution in [3.8, 4) is 23.5 Å². The molecule has 140 valence electrons. The molecule has 2 rings (SSSR count). The van der Waals surface area contributed by atoms with Crippen LogP contribution in [-0.4, -0.2) is 49.4 Å². The van der Waals surface area contributed by atoms with E-state index < -0.39 is 33.3 Å². The number of aliphatic carboxylic acids is 1. The van der Waals surface area contributed by atoms with Gasteiger partial charge in [-0.3, -0.25) is 9.52 Å². The molecule has 0 saturated carbocycles. The SMILES string of the molecule is COc1cc(OC)nc(Oc2cccc(F)c2NS(=O)(=O)CC(=O)O)n1. The number of carbonyl (C=O) groups is 1. The molecule has 0 spiro atoms. The zero-order valence-corrected chi connectivity index (χ0v) is 14.4. The van der Waals surface area contributed by atoms with Gasteiger partial charge >= 0.3 is 12.0 Å². The van der Waals surface area contributed by atoms with Crippen LogP contribution in [0.5, 0.6) is 23.5 Å². The molecule has 1 heterocycles. The van der Waals surface area contributed by atoms with Crippen LogP contribution in [-0.2, 0) is 14.8 Å². The number of benzene rings is 1. The third-order valence-corrected chi connectivity index (χ3v) is 3.97. The van der Waals surface area contributed by atoms with E-state index in [-0.39, 0.29) is 23.5 Å². The molecule has 2 aromatic rings. The molecule has 0 aliphatic carbocycles. The lowest BCUT2D eigenvalue weighted by Gasteiger charge is -2.13. The first-order valence-corrected chi connectivity index (χ1v) is 8.55. The van der Waals surface area contributed by atoms with Gasteiger partial charge in [0, 0.05) is 0 Å². The highest BCUT2D eigenvalue weighted by Crippen LogP contribution is 2.32. The Hall–Kier alpha value is -3.15. The van der Waals surface area contributed by atoms with Crippen LogP contribution in [0, 0.1) is 5.82 Å². The second-order valence-electron chi connectivity index (χ2n) is 4.71. The summed E-state index contributed by atoms with van der Waals surface area (Å²) in [5.74, 6) is -3.92. The predicted octanol–water partition coefficient (Wildman–Crippen LogP) is 1.25. The number of halogens is 1. The van der Waals surface area contributed by atoms with E-state index in [4.69, 9.17) is 19.3 Å². The Bertz CT molecular complexity index is 899. The molecule has 1 aromatic heterocycles. The minimum Gasteiger partial charge on any atom is -0.481 e. The standard InChI is InChI=1S/C14H14FN3O7S/c1-23-10-6-11(24-2)17-14(16-10)25-9-5-3-4-8(15)13(9)18-26(21,22)7-12(19)20/h3-6,18H,7H2,1-2H3,(H,19,20). The van der Waals surface area contributed by atoms with Gasteiger partial charge in [0.15, 0.2) is 17.3 Å². The first kappa shape index (κ1) is 19.2. The van der Waals surface area contributed by atoms with Gasteiger partial charge in [-0.05, 0) is 12.1 Å². The van der Waals surface area contributed by atoms with E-state index in [1.54, 1.807) is 0 Å². The normalized spacial score (nSPS) is 10.9. The number of nitrogens with zero attached hydrogens (tertiary/aromatic N) is 2. The van der Waals surface area contributed by atoms with Crippen molar-refractivity contribution in [1.82, 2.24) is 9.97 Å². The van der Waals surface area contributed by atoms with Crippen molar-refractivity contribution in [2.45, 2.75) is 0 Å². The van der Waals surface area contributed by atoms with Crippen LogP contribution in [0.4, 0.5) is 10.1 Å². The number of para-hydroxylation sites is 1. The zero-order valence-electron chi connectivity index (χ0n) is 13.6. The zero-order chi connectivity index (χ0) is 19.3. The third kappa shape index (κ3) is 4.92. The highest BCUT2D eigenvalue weighted by Gasteiger charge is 2.21.